The highest BCUT2D eigenvalue weighted by Crippen LogP contribution is 2.32. The van der Waals surface area contributed by atoms with Crippen molar-refractivity contribution in [2.75, 3.05) is 38.1 Å². The summed E-state index contributed by atoms with van der Waals surface area (Å²) >= 11 is 0. The van der Waals surface area contributed by atoms with Crippen molar-refractivity contribution in [2.45, 2.75) is 45.0 Å². The minimum Gasteiger partial charge on any atom is -0.371 e. The topological polar surface area (TPSA) is 84.2 Å². The number of nitrogens with one attached hydrogen (secondary N) is 1. The van der Waals surface area contributed by atoms with Crippen LogP contribution >= 0.6 is 0 Å². The maximum atomic E-state index is 15.1. The van der Waals surface area contributed by atoms with Crippen molar-refractivity contribution in [3.05, 3.63) is 59.7 Å². The van der Waals surface area contributed by atoms with E-state index in [1.165, 1.54) is 18.9 Å². The fourth-order valence-electron chi connectivity index (χ4n) is 5.65. The Morgan fingerprint density at radius 2 is 1.85 bits per heavy atom. The summed E-state index contributed by atoms with van der Waals surface area (Å²) in [7, 11) is 0. The number of piperazine rings is 1. The number of hydrogen-bond donors (Lipinski definition) is 1. The highest BCUT2D eigenvalue weighted by Gasteiger charge is 2.31. The van der Waals surface area contributed by atoms with E-state index in [0.29, 0.717) is 35.9 Å². The second-order valence-corrected chi connectivity index (χ2v) is 10.7. The van der Waals surface area contributed by atoms with Crippen molar-refractivity contribution in [2.24, 2.45) is 0 Å². The third-order valence-electron chi connectivity index (χ3n) is 7.81. The molecule has 1 N–H and O–H groups in total. The van der Waals surface area contributed by atoms with Gasteiger partial charge in [0.15, 0.2) is 11.6 Å². The Morgan fingerprint density at radius 1 is 1.00 bits per heavy atom. The Bertz CT molecular complexity index is 1510. The number of fused-ring (bicyclic) bond motifs is 3. The average molecular weight is 533 g/mol. The van der Waals surface area contributed by atoms with E-state index in [2.05, 4.69) is 35.1 Å². The maximum Gasteiger partial charge on any atom is 0.229 e. The SMILES string of the molecule is CC1COCc2nc3c(F)cc(-c4nc(Nc5ccc(CN6CCN(C7CC7)CC6)cn5)ncc4F)cc3n21. The second-order valence-electron chi connectivity index (χ2n) is 10.7. The molecule has 1 aliphatic carbocycles. The molecular weight excluding hydrogens is 502 g/mol. The van der Waals surface area contributed by atoms with Crippen LogP contribution in [0.25, 0.3) is 22.3 Å². The van der Waals surface area contributed by atoms with Crippen LogP contribution in [-0.2, 0) is 17.9 Å². The van der Waals surface area contributed by atoms with Gasteiger partial charge in [-0.15, -0.1) is 0 Å². The van der Waals surface area contributed by atoms with E-state index in [1.54, 1.807) is 6.07 Å². The zero-order valence-electron chi connectivity index (χ0n) is 21.8. The lowest BCUT2D eigenvalue weighted by molar-refractivity contribution is 0.0621. The van der Waals surface area contributed by atoms with E-state index in [0.717, 1.165) is 50.5 Å². The lowest BCUT2D eigenvalue weighted by Crippen LogP contribution is -2.46. The molecule has 3 aromatic heterocycles. The first-order valence-corrected chi connectivity index (χ1v) is 13.5. The van der Waals surface area contributed by atoms with Crippen molar-refractivity contribution in [1.82, 2.24) is 34.3 Å². The van der Waals surface area contributed by atoms with Gasteiger partial charge in [0.05, 0.1) is 24.4 Å². The zero-order chi connectivity index (χ0) is 26.5. The van der Waals surface area contributed by atoms with E-state index < -0.39 is 11.6 Å². The molecule has 0 bridgehead atoms. The summed E-state index contributed by atoms with van der Waals surface area (Å²) in [6, 6.07) is 7.70. The van der Waals surface area contributed by atoms with E-state index in [-0.39, 0.29) is 23.2 Å². The predicted molar refractivity (Wildman–Crippen MR) is 142 cm³/mol. The third kappa shape index (κ3) is 4.86. The van der Waals surface area contributed by atoms with Gasteiger partial charge in [0.25, 0.3) is 0 Å². The fraction of sp³-hybridized carbons (Fsp3) is 0.429. The molecule has 0 radical (unpaired) electrons. The predicted octanol–water partition coefficient (Wildman–Crippen LogP) is 4.28. The Hall–Kier alpha value is -3.54. The molecule has 1 aromatic carbocycles. The van der Waals surface area contributed by atoms with E-state index in [1.807, 2.05) is 29.8 Å². The number of ether oxygens (including phenoxy) is 1. The lowest BCUT2D eigenvalue weighted by Gasteiger charge is -2.34. The van der Waals surface area contributed by atoms with Crippen LogP contribution in [-0.4, -0.2) is 73.1 Å². The van der Waals surface area contributed by atoms with Crippen LogP contribution in [0.15, 0.2) is 36.7 Å². The summed E-state index contributed by atoms with van der Waals surface area (Å²) < 4.78 is 37.4. The summed E-state index contributed by atoms with van der Waals surface area (Å²) in [5.41, 5.74) is 2.29. The number of imidazole rings is 1. The van der Waals surface area contributed by atoms with Crippen molar-refractivity contribution < 1.29 is 13.5 Å². The number of aromatic nitrogens is 5. The molecule has 1 saturated carbocycles. The average Bonchev–Trinajstić information content (AvgIpc) is 3.72. The molecule has 202 valence electrons. The zero-order valence-corrected chi connectivity index (χ0v) is 21.8. The smallest absolute Gasteiger partial charge is 0.229 e. The largest absolute Gasteiger partial charge is 0.371 e. The molecule has 1 saturated heterocycles. The molecular formula is C28H30F2N8O. The quantitative estimate of drug-likeness (QED) is 0.394. The highest BCUT2D eigenvalue weighted by molar-refractivity contribution is 5.83. The molecule has 3 aliphatic rings. The summed E-state index contributed by atoms with van der Waals surface area (Å²) in [4.78, 5) is 22.4. The molecule has 0 spiro atoms. The highest BCUT2D eigenvalue weighted by atomic mass is 19.1. The van der Waals surface area contributed by atoms with E-state index in [4.69, 9.17) is 4.74 Å². The van der Waals surface area contributed by atoms with Gasteiger partial charge in [-0.25, -0.2) is 28.7 Å². The molecule has 7 rings (SSSR count). The summed E-state index contributed by atoms with van der Waals surface area (Å²) in [5.74, 6) is 0.213. The van der Waals surface area contributed by atoms with Gasteiger partial charge in [-0.2, -0.15) is 0 Å². The van der Waals surface area contributed by atoms with Crippen molar-refractivity contribution in [3.8, 4) is 11.3 Å². The van der Waals surface area contributed by atoms with Crippen LogP contribution in [0.5, 0.6) is 0 Å². The number of benzene rings is 1. The molecule has 4 aromatic rings. The van der Waals surface area contributed by atoms with Crippen molar-refractivity contribution in [3.63, 3.8) is 0 Å². The molecule has 39 heavy (non-hydrogen) atoms. The second kappa shape index (κ2) is 9.89. The summed E-state index contributed by atoms with van der Waals surface area (Å²) in [5, 5.41) is 3.05. The Morgan fingerprint density at radius 3 is 2.62 bits per heavy atom. The Kier molecular flexibility index (Phi) is 6.21. The van der Waals surface area contributed by atoms with Gasteiger partial charge in [0.1, 0.15) is 29.5 Å². The lowest BCUT2D eigenvalue weighted by atomic mass is 10.1. The molecule has 5 heterocycles. The molecule has 9 nitrogen and oxygen atoms in total. The van der Waals surface area contributed by atoms with Crippen LogP contribution in [0.2, 0.25) is 0 Å². The molecule has 1 unspecified atom stereocenters. The normalized spacial score (nSPS) is 20.3. The number of pyridine rings is 1. The van der Waals surface area contributed by atoms with Crippen molar-refractivity contribution in [1.29, 1.82) is 0 Å². The molecule has 11 heteroatoms. The van der Waals surface area contributed by atoms with Crippen LogP contribution in [0.1, 0.15) is 37.2 Å². The number of halogens is 2. The van der Waals surface area contributed by atoms with Gasteiger partial charge >= 0.3 is 0 Å². The number of rotatable bonds is 6. The Labute approximate surface area is 224 Å². The monoisotopic (exact) mass is 532 g/mol. The molecule has 0 amide bonds. The summed E-state index contributed by atoms with van der Waals surface area (Å²) in [6.45, 7) is 8.07. The van der Waals surface area contributed by atoms with Gasteiger partial charge in [0.2, 0.25) is 5.95 Å². The van der Waals surface area contributed by atoms with Gasteiger partial charge in [-0.05, 0) is 43.5 Å². The molecule has 1 atom stereocenters. The van der Waals surface area contributed by atoms with Gasteiger partial charge in [-0.3, -0.25) is 9.80 Å². The minimum absolute atomic E-state index is 0.00511. The van der Waals surface area contributed by atoms with Crippen LogP contribution < -0.4 is 5.32 Å². The van der Waals surface area contributed by atoms with Gasteiger partial charge in [0, 0.05) is 50.5 Å². The standard InChI is InChI=1S/C28H30F2N8O/c1-17-15-39-16-25-34-27-21(29)10-19(11-23(27)38(17)25)26-22(30)13-32-28(35-26)33-24-5-2-18(12-31-24)14-36-6-8-37(9-7-36)20-3-4-20/h2,5,10-13,17,20H,3-4,6-9,14-16H2,1H3,(H,31,32,33,35). The minimum atomic E-state index is -0.640. The Balaban J connectivity index is 1.08. The van der Waals surface area contributed by atoms with Gasteiger partial charge in [-0.1, -0.05) is 6.07 Å². The fourth-order valence-corrected chi connectivity index (χ4v) is 5.65. The number of nitrogens with zero attached hydrogens (tertiary/aromatic N) is 7. The molecule has 2 aliphatic heterocycles. The van der Waals surface area contributed by atoms with E-state index in [9.17, 15) is 4.39 Å². The number of anilines is 2. The van der Waals surface area contributed by atoms with Crippen LogP contribution in [0.4, 0.5) is 20.5 Å². The molecule has 2 fully saturated rings. The van der Waals surface area contributed by atoms with Crippen LogP contribution in [0.3, 0.4) is 0 Å². The first-order valence-electron chi connectivity index (χ1n) is 13.5. The summed E-state index contributed by atoms with van der Waals surface area (Å²) in [6.07, 6.45) is 5.64. The van der Waals surface area contributed by atoms with Gasteiger partial charge < -0.3 is 14.6 Å². The maximum absolute atomic E-state index is 15.1. The first kappa shape index (κ1) is 24.5. The van der Waals surface area contributed by atoms with Crippen molar-refractivity contribution >= 4 is 22.8 Å². The first-order chi connectivity index (χ1) is 19.0. The number of hydrogen-bond acceptors (Lipinski definition) is 8. The third-order valence-corrected chi connectivity index (χ3v) is 7.81. The van der Waals surface area contributed by atoms with E-state index >= 15 is 4.39 Å². The van der Waals surface area contributed by atoms with Crippen LogP contribution in [0, 0.1) is 11.6 Å².